The van der Waals surface area contributed by atoms with Crippen LogP contribution in [-0.4, -0.2) is 23.5 Å². The number of hydrogen-bond donors (Lipinski definition) is 3. The van der Waals surface area contributed by atoms with E-state index in [4.69, 9.17) is 11.5 Å². The Bertz CT molecular complexity index is 898. The Hall–Kier alpha value is -2.96. The summed E-state index contributed by atoms with van der Waals surface area (Å²) in [4.78, 5) is 14.5. The van der Waals surface area contributed by atoms with Crippen molar-refractivity contribution in [1.82, 2.24) is 4.98 Å². The number of unbranched alkanes of at least 4 members (excludes halogenated alkanes) is 1. The Kier molecular flexibility index (Phi) is 7.49. The third kappa shape index (κ3) is 5.52. The van der Waals surface area contributed by atoms with Gasteiger partial charge in [-0.25, -0.2) is 8.78 Å². The van der Waals surface area contributed by atoms with Crippen LogP contribution in [0.3, 0.4) is 0 Å². The lowest BCUT2D eigenvalue weighted by Crippen LogP contribution is -2.35. The minimum Gasteiger partial charge on any atom is -0.330 e. The molecule has 0 bridgehead atoms. The summed E-state index contributed by atoms with van der Waals surface area (Å²) in [5.74, 6) is -2.89. The van der Waals surface area contributed by atoms with Crippen molar-refractivity contribution >= 4 is 11.6 Å². The lowest BCUT2D eigenvalue weighted by Gasteiger charge is -2.12. The Morgan fingerprint density at radius 1 is 1.11 bits per heavy atom. The third-order valence-electron chi connectivity index (χ3n) is 3.77. The number of nitrogens with zero attached hydrogens (tertiary/aromatic N) is 1. The van der Waals surface area contributed by atoms with Crippen LogP contribution in [0.1, 0.15) is 30.4 Å². The number of nitrogens with one attached hydrogen (secondary N) is 1. The number of amides is 1. The van der Waals surface area contributed by atoms with Crippen LogP contribution in [0.4, 0.5) is 23.2 Å². The zero-order chi connectivity index (χ0) is 20.7. The van der Waals surface area contributed by atoms with Crippen LogP contribution in [-0.2, 0) is 4.79 Å². The molecule has 28 heavy (non-hydrogen) atoms. The first-order valence-corrected chi connectivity index (χ1v) is 8.42. The van der Waals surface area contributed by atoms with E-state index in [9.17, 15) is 22.4 Å². The van der Waals surface area contributed by atoms with Gasteiger partial charge in [0.05, 0.1) is 6.04 Å². The van der Waals surface area contributed by atoms with Gasteiger partial charge in [-0.3, -0.25) is 4.79 Å². The molecule has 1 atom stereocenters. The number of rotatable bonds is 6. The molecule has 2 rings (SSSR count). The van der Waals surface area contributed by atoms with Crippen LogP contribution in [0.25, 0.3) is 0 Å². The SMILES string of the molecule is NCCCCC(N)C(=O)Nc1cccc(C#Cc2c(F)c(F)nc(F)c2F)c1. The summed E-state index contributed by atoms with van der Waals surface area (Å²) in [7, 11) is 0. The van der Waals surface area contributed by atoms with Gasteiger partial charge in [0.25, 0.3) is 11.9 Å². The van der Waals surface area contributed by atoms with Gasteiger partial charge in [0.1, 0.15) is 5.56 Å². The number of carbonyl (C=O) groups is 1. The van der Waals surface area contributed by atoms with Crippen molar-refractivity contribution in [2.75, 3.05) is 11.9 Å². The smallest absolute Gasteiger partial charge is 0.253 e. The summed E-state index contributed by atoms with van der Waals surface area (Å²) >= 11 is 0. The van der Waals surface area contributed by atoms with Gasteiger partial charge in [0, 0.05) is 11.3 Å². The van der Waals surface area contributed by atoms with Gasteiger partial charge in [0.15, 0.2) is 11.6 Å². The molecule has 1 unspecified atom stereocenters. The first-order chi connectivity index (χ1) is 13.3. The predicted octanol–water partition coefficient (Wildman–Crippen LogP) is 2.43. The molecule has 1 aromatic carbocycles. The van der Waals surface area contributed by atoms with Gasteiger partial charge >= 0.3 is 0 Å². The van der Waals surface area contributed by atoms with Crippen LogP contribution in [0.5, 0.6) is 0 Å². The number of anilines is 1. The number of aromatic nitrogens is 1. The molecule has 0 aliphatic carbocycles. The molecule has 9 heteroatoms. The van der Waals surface area contributed by atoms with Crippen LogP contribution in [0.15, 0.2) is 24.3 Å². The number of carbonyl (C=O) groups excluding carboxylic acids is 1. The van der Waals surface area contributed by atoms with E-state index >= 15 is 0 Å². The van der Waals surface area contributed by atoms with Crippen molar-refractivity contribution in [2.24, 2.45) is 11.5 Å². The minimum absolute atomic E-state index is 0.255. The van der Waals surface area contributed by atoms with E-state index in [1.807, 2.05) is 5.92 Å². The van der Waals surface area contributed by atoms with Crippen LogP contribution in [0.2, 0.25) is 0 Å². The molecule has 0 aliphatic heterocycles. The molecule has 0 saturated carbocycles. The average Bonchev–Trinajstić information content (AvgIpc) is 2.67. The average molecular weight is 394 g/mol. The second-order valence-corrected chi connectivity index (χ2v) is 5.91. The van der Waals surface area contributed by atoms with E-state index in [0.29, 0.717) is 25.1 Å². The van der Waals surface area contributed by atoms with Gasteiger partial charge in [-0.1, -0.05) is 24.3 Å². The van der Waals surface area contributed by atoms with E-state index in [2.05, 4.69) is 16.2 Å². The highest BCUT2D eigenvalue weighted by Crippen LogP contribution is 2.16. The Labute approximate surface area is 159 Å². The highest BCUT2D eigenvalue weighted by molar-refractivity contribution is 5.94. The molecule has 0 spiro atoms. The summed E-state index contributed by atoms with van der Waals surface area (Å²) in [6.07, 6.45) is 1.95. The highest BCUT2D eigenvalue weighted by atomic mass is 19.2. The van der Waals surface area contributed by atoms with Gasteiger partial charge in [-0.15, -0.1) is 0 Å². The zero-order valence-corrected chi connectivity index (χ0v) is 14.7. The fourth-order valence-corrected chi connectivity index (χ4v) is 2.28. The Balaban J connectivity index is 2.16. The second-order valence-electron chi connectivity index (χ2n) is 5.91. The largest absolute Gasteiger partial charge is 0.330 e. The van der Waals surface area contributed by atoms with E-state index in [1.165, 1.54) is 12.1 Å². The van der Waals surface area contributed by atoms with Gasteiger partial charge in [0.2, 0.25) is 5.91 Å². The van der Waals surface area contributed by atoms with Crippen LogP contribution >= 0.6 is 0 Å². The van der Waals surface area contributed by atoms with E-state index in [0.717, 1.165) is 6.42 Å². The fraction of sp³-hybridized carbons (Fsp3) is 0.263. The maximum atomic E-state index is 13.6. The van der Waals surface area contributed by atoms with Crippen molar-refractivity contribution < 1.29 is 22.4 Å². The molecular formula is C19H18F4N4O. The van der Waals surface area contributed by atoms with Crippen molar-refractivity contribution in [3.8, 4) is 11.8 Å². The topological polar surface area (TPSA) is 94.0 Å². The van der Waals surface area contributed by atoms with Crippen molar-refractivity contribution in [2.45, 2.75) is 25.3 Å². The van der Waals surface area contributed by atoms with Gasteiger partial charge in [-0.05, 0) is 37.6 Å². The molecule has 1 aromatic heterocycles. The molecule has 5 N–H and O–H groups in total. The summed E-state index contributed by atoms with van der Waals surface area (Å²) in [6, 6.07) is 5.32. The number of benzene rings is 1. The minimum atomic E-state index is -1.78. The first kappa shape index (κ1) is 21.3. The first-order valence-electron chi connectivity index (χ1n) is 8.42. The summed E-state index contributed by atoms with van der Waals surface area (Å²) < 4.78 is 53.4. The number of pyridine rings is 1. The summed E-state index contributed by atoms with van der Waals surface area (Å²) in [6.45, 7) is 0.515. The molecule has 2 aromatic rings. The monoisotopic (exact) mass is 394 g/mol. The third-order valence-corrected chi connectivity index (χ3v) is 3.77. The van der Waals surface area contributed by atoms with Crippen molar-refractivity contribution in [1.29, 1.82) is 0 Å². The lowest BCUT2D eigenvalue weighted by atomic mass is 10.1. The number of nitrogens with two attached hydrogens (primary N) is 2. The van der Waals surface area contributed by atoms with Crippen LogP contribution in [0, 0.1) is 35.4 Å². The number of hydrogen-bond acceptors (Lipinski definition) is 4. The standard InChI is InChI=1S/C19H18F4N4O/c20-15-13(16(21)18(23)27-17(15)22)8-7-11-4-3-5-12(10-11)26-19(28)14(25)6-1-2-9-24/h3-5,10,14H,1-2,6,9,24-25H2,(H,26,28). The Morgan fingerprint density at radius 3 is 2.43 bits per heavy atom. The highest BCUT2D eigenvalue weighted by Gasteiger charge is 2.19. The molecule has 5 nitrogen and oxygen atoms in total. The second kappa shape index (κ2) is 9.82. The normalized spacial score (nSPS) is 11.5. The van der Waals surface area contributed by atoms with Crippen molar-refractivity contribution in [3.63, 3.8) is 0 Å². The molecule has 148 valence electrons. The molecule has 0 radical (unpaired) electrons. The lowest BCUT2D eigenvalue weighted by molar-refractivity contribution is -0.117. The van der Waals surface area contributed by atoms with Crippen molar-refractivity contribution in [3.05, 3.63) is 58.9 Å². The Morgan fingerprint density at radius 2 is 1.79 bits per heavy atom. The quantitative estimate of drug-likeness (QED) is 0.304. The number of halogens is 4. The molecule has 1 amide bonds. The van der Waals surface area contributed by atoms with E-state index in [1.54, 1.807) is 12.1 Å². The van der Waals surface area contributed by atoms with E-state index < -0.39 is 41.0 Å². The maximum absolute atomic E-state index is 13.6. The maximum Gasteiger partial charge on any atom is 0.253 e. The van der Waals surface area contributed by atoms with Crippen LogP contribution < -0.4 is 16.8 Å². The fourth-order valence-electron chi connectivity index (χ4n) is 2.28. The van der Waals surface area contributed by atoms with E-state index in [-0.39, 0.29) is 5.56 Å². The summed E-state index contributed by atoms with van der Waals surface area (Å²) in [5.41, 5.74) is 10.7. The molecule has 0 fully saturated rings. The predicted molar refractivity (Wildman–Crippen MR) is 96.0 cm³/mol. The van der Waals surface area contributed by atoms with Gasteiger partial charge < -0.3 is 16.8 Å². The molecule has 0 aliphatic rings. The molecule has 1 heterocycles. The summed E-state index contributed by atoms with van der Waals surface area (Å²) in [5, 5.41) is 2.61. The molecular weight excluding hydrogens is 376 g/mol. The molecule has 0 saturated heterocycles. The van der Waals surface area contributed by atoms with Gasteiger partial charge in [-0.2, -0.15) is 13.8 Å². The zero-order valence-electron chi connectivity index (χ0n) is 14.7.